The molecule has 4 aromatic rings. The Morgan fingerprint density at radius 2 is 1.66 bits per heavy atom. The molecule has 3 atom stereocenters. The van der Waals surface area contributed by atoms with Crippen LogP contribution in [0.1, 0.15) is 33.2 Å². The number of anilines is 2. The summed E-state index contributed by atoms with van der Waals surface area (Å²) in [7, 11) is 0. The quantitative estimate of drug-likeness (QED) is 0.110. The zero-order chi connectivity index (χ0) is 37.6. The Bertz CT molecular complexity index is 1930. The lowest BCUT2D eigenvalue weighted by atomic mass is 10.1. The van der Waals surface area contributed by atoms with Crippen molar-refractivity contribution in [2.75, 3.05) is 49.2 Å². The van der Waals surface area contributed by atoms with Gasteiger partial charge in [-0.25, -0.2) is 14.0 Å². The number of benzene rings is 2. The maximum Gasteiger partial charge on any atom is 0.573 e. The van der Waals surface area contributed by atoms with Gasteiger partial charge in [-0.05, 0) is 87.0 Å². The molecule has 1 unspecified atom stereocenters. The molecule has 12 nitrogen and oxygen atoms in total. The third-order valence-electron chi connectivity index (χ3n) is 9.36. The number of ether oxygens (including phenoxy) is 4. The topological polar surface area (TPSA) is 101 Å². The van der Waals surface area contributed by atoms with Crippen molar-refractivity contribution in [3.05, 3.63) is 120 Å². The Morgan fingerprint density at radius 1 is 1.02 bits per heavy atom. The number of aromatic nitrogens is 5. The zero-order valence-electron chi connectivity index (χ0n) is 30.0. The van der Waals surface area contributed by atoms with Crippen LogP contribution in [-0.2, 0) is 20.8 Å². The van der Waals surface area contributed by atoms with E-state index < -0.39 is 18.3 Å². The fourth-order valence-electron chi connectivity index (χ4n) is 6.20. The summed E-state index contributed by atoms with van der Waals surface area (Å²) in [4.78, 5) is 17.5. The second-order valence-corrected chi connectivity index (χ2v) is 12.9. The average Bonchev–Trinajstić information content (AvgIpc) is 3.93. The highest BCUT2D eigenvalue weighted by atomic mass is 19.4. The van der Waals surface area contributed by atoms with Crippen LogP contribution in [0.15, 0.2) is 114 Å². The molecule has 0 spiro atoms. The Labute approximate surface area is 305 Å². The molecule has 2 fully saturated rings. The molecule has 2 aliphatic heterocycles. The maximum absolute atomic E-state index is 12.8. The van der Waals surface area contributed by atoms with E-state index >= 15 is 0 Å². The summed E-state index contributed by atoms with van der Waals surface area (Å²) in [5.74, 6) is -1.10. The van der Waals surface area contributed by atoms with Crippen LogP contribution in [0.2, 0.25) is 0 Å². The maximum atomic E-state index is 12.8. The van der Waals surface area contributed by atoms with E-state index in [-0.39, 0.29) is 37.2 Å². The largest absolute Gasteiger partial charge is 0.573 e. The molecule has 2 aromatic heterocycles. The minimum atomic E-state index is -4.82. The molecule has 15 heteroatoms. The Hall–Kier alpha value is -5.28. The van der Waals surface area contributed by atoms with Crippen LogP contribution in [0.25, 0.3) is 5.69 Å². The van der Waals surface area contributed by atoms with Gasteiger partial charge >= 0.3 is 12.1 Å². The van der Waals surface area contributed by atoms with E-state index in [9.17, 15) is 18.0 Å². The van der Waals surface area contributed by atoms with Crippen molar-refractivity contribution in [2.45, 2.75) is 58.0 Å². The molecule has 4 heterocycles. The Morgan fingerprint density at radius 3 is 2.25 bits per heavy atom. The van der Waals surface area contributed by atoms with Crippen molar-refractivity contribution in [1.82, 2.24) is 24.1 Å². The minimum Gasteiger partial charge on any atom is -0.491 e. The van der Waals surface area contributed by atoms with Crippen molar-refractivity contribution < 1.29 is 32.1 Å². The number of alkyl halides is 3. The van der Waals surface area contributed by atoms with Gasteiger partial charge in [-0.15, -0.1) is 13.2 Å². The van der Waals surface area contributed by atoms with Gasteiger partial charge in [-0.1, -0.05) is 19.6 Å². The molecule has 282 valence electrons. The second kappa shape index (κ2) is 16.2. The van der Waals surface area contributed by atoms with Crippen LogP contribution in [-0.4, -0.2) is 81.8 Å². The number of halogens is 3. The summed E-state index contributed by atoms with van der Waals surface area (Å²) in [6.07, 6.45) is 4.21. The van der Waals surface area contributed by atoms with E-state index in [0.717, 1.165) is 49.7 Å². The average molecular weight is 736 g/mol. The van der Waals surface area contributed by atoms with Crippen molar-refractivity contribution in [3.63, 3.8) is 0 Å². The minimum absolute atomic E-state index is 0.0431. The molecular formula is C38H44F3N7O5. The fourth-order valence-corrected chi connectivity index (χ4v) is 6.20. The summed E-state index contributed by atoms with van der Waals surface area (Å²) in [6, 6.07) is 17.7. The van der Waals surface area contributed by atoms with Crippen LogP contribution in [0.5, 0.6) is 5.75 Å². The van der Waals surface area contributed by atoms with Gasteiger partial charge in [-0.3, -0.25) is 4.68 Å². The third kappa shape index (κ3) is 9.03. The van der Waals surface area contributed by atoms with Crippen molar-refractivity contribution in [2.24, 2.45) is 0 Å². The van der Waals surface area contributed by atoms with Crippen LogP contribution in [0.3, 0.4) is 0 Å². The molecule has 2 saturated heterocycles. The number of hydrogen-bond acceptors (Lipinski definition) is 9. The molecule has 0 bridgehead atoms. The van der Waals surface area contributed by atoms with E-state index in [0.29, 0.717) is 11.3 Å². The number of rotatable bonds is 14. The van der Waals surface area contributed by atoms with Crippen molar-refractivity contribution in [1.29, 1.82) is 0 Å². The summed E-state index contributed by atoms with van der Waals surface area (Å²) in [5.41, 5.74) is 3.13. The van der Waals surface area contributed by atoms with Gasteiger partial charge in [0.1, 0.15) is 30.5 Å². The lowest BCUT2D eigenvalue weighted by molar-refractivity contribution is -0.303. The zero-order valence-corrected chi connectivity index (χ0v) is 30.0. The van der Waals surface area contributed by atoms with E-state index in [1.165, 1.54) is 29.8 Å². The lowest BCUT2D eigenvalue weighted by Crippen LogP contribution is -2.46. The van der Waals surface area contributed by atoms with Gasteiger partial charge in [0.2, 0.25) is 5.79 Å². The number of allylic oxidation sites excluding steroid dienone is 2. The first kappa shape index (κ1) is 37.5. The third-order valence-corrected chi connectivity index (χ3v) is 9.36. The molecular weight excluding hydrogens is 691 g/mol. The van der Waals surface area contributed by atoms with E-state index in [1.54, 1.807) is 34.0 Å². The summed E-state index contributed by atoms with van der Waals surface area (Å²) >= 11 is 0. The summed E-state index contributed by atoms with van der Waals surface area (Å²) in [6.45, 7) is 13.3. The first-order valence-corrected chi connectivity index (χ1v) is 17.5. The van der Waals surface area contributed by atoms with E-state index in [1.807, 2.05) is 62.4 Å². The molecule has 53 heavy (non-hydrogen) atoms. The van der Waals surface area contributed by atoms with E-state index in [4.69, 9.17) is 14.2 Å². The molecule has 0 radical (unpaired) electrons. The number of hydrogen-bond donors (Lipinski definition) is 0. The highest BCUT2D eigenvalue weighted by Crippen LogP contribution is 2.34. The smallest absolute Gasteiger partial charge is 0.491 e. The monoisotopic (exact) mass is 735 g/mol. The van der Waals surface area contributed by atoms with Crippen LogP contribution >= 0.6 is 0 Å². The SMILES string of the molecule is C=C(/C=C\C(=C/C)OC(F)(F)F)[C@]1(Cn2cccn2)OC[C@@H](COc2ccc(N3CCN(c4ccc(-n5cnn(C(C)CC)c5=O)cc4)CC3)cc2)O1. The van der Waals surface area contributed by atoms with Gasteiger partial charge in [0, 0.05) is 55.5 Å². The summed E-state index contributed by atoms with van der Waals surface area (Å²) < 4.78 is 65.6. The first-order chi connectivity index (χ1) is 25.5. The van der Waals surface area contributed by atoms with Gasteiger partial charge < -0.3 is 28.7 Å². The van der Waals surface area contributed by atoms with Crippen LogP contribution < -0.4 is 20.2 Å². The number of nitrogens with zero attached hydrogens (tertiary/aromatic N) is 7. The van der Waals surface area contributed by atoms with Gasteiger partial charge in [0.05, 0.1) is 24.9 Å². The second-order valence-electron chi connectivity index (χ2n) is 12.9. The molecule has 0 N–H and O–H groups in total. The fraction of sp³-hybridized carbons (Fsp3) is 0.395. The van der Waals surface area contributed by atoms with Gasteiger partial charge in [-0.2, -0.15) is 10.2 Å². The highest BCUT2D eigenvalue weighted by Gasteiger charge is 2.44. The van der Waals surface area contributed by atoms with Crippen molar-refractivity contribution >= 4 is 11.4 Å². The van der Waals surface area contributed by atoms with Crippen molar-refractivity contribution in [3.8, 4) is 11.4 Å². The molecule has 2 aromatic carbocycles. The molecule has 2 aliphatic rings. The Balaban J connectivity index is 1.01. The Kier molecular flexibility index (Phi) is 11.4. The predicted molar refractivity (Wildman–Crippen MR) is 194 cm³/mol. The molecule has 0 aliphatic carbocycles. The molecule has 0 saturated carbocycles. The van der Waals surface area contributed by atoms with Crippen LogP contribution in [0.4, 0.5) is 24.5 Å². The summed E-state index contributed by atoms with van der Waals surface area (Å²) in [5, 5.41) is 8.51. The molecule has 6 rings (SSSR count). The normalized spacial score (nSPS) is 20.3. The van der Waals surface area contributed by atoms with Gasteiger partial charge in [0.15, 0.2) is 0 Å². The number of piperazine rings is 1. The molecule has 0 amide bonds. The first-order valence-electron chi connectivity index (χ1n) is 17.5. The highest BCUT2D eigenvalue weighted by molar-refractivity contribution is 5.54. The standard InChI is InChI=1S/C38H44F3N7O5/c1-5-29(4)48-36(49)47(27-43-48)32-11-9-30(10-12-32)44-20-22-45(23-21-44)31-13-16-34(17-14-31)50-24-35-25-51-37(52-35,26-46-19-7-18-42-46)28(3)8-15-33(6-2)53-38(39,40)41/h6-19,27,29,35H,3,5,20-26H2,1-2,4H3/b15-8-,33-6+/t29?,35-,37-/m1/s1. The lowest BCUT2D eigenvalue weighted by Gasteiger charge is -2.37. The van der Waals surface area contributed by atoms with Crippen LogP contribution in [0, 0.1) is 0 Å². The van der Waals surface area contributed by atoms with E-state index in [2.05, 4.69) is 31.3 Å². The predicted octanol–water partition coefficient (Wildman–Crippen LogP) is 6.27. The van der Waals surface area contributed by atoms with Gasteiger partial charge in [0.25, 0.3) is 0 Å².